The Morgan fingerprint density at radius 2 is 1.97 bits per heavy atom. The Morgan fingerprint density at radius 1 is 1.13 bits per heavy atom. The van der Waals surface area contributed by atoms with E-state index in [1.807, 2.05) is 49.7 Å². The molecule has 0 saturated heterocycles. The van der Waals surface area contributed by atoms with Crippen molar-refractivity contribution in [3.8, 4) is 17.1 Å². The molecule has 0 fully saturated rings. The van der Waals surface area contributed by atoms with Crippen LogP contribution in [-0.2, 0) is 18.2 Å². The number of methoxy groups -OCH3 is 1. The van der Waals surface area contributed by atoms with Crippen molar-refractivity contribution in [2.75, 3.05) is 13.7 Å². The van der Waals surface area contributed by atoms with Crippen LogP contribution in [0.25, 0.3) is 23.2 Å². The van der Waals surface area contributed by atoms with E-state index >= 15 is 0 Å². The van der Waals surface area contributed by atoms with Crippen LogP contribution in [0.2, 0.25) is 0 Å². The second-order valence-electron chi connectivity index (χ2n) is 7.02. The summed E-state index contributed by atoms with van der Waals surface area (Å²) < 4.78 is 8.35. The van der Waals surface area contributed by atoms with Crippen molar-refractivity contribution in [1.29, 1.82) is 0 Å². The molecule has 0 aliphatic carbocycles. The maximum absolute atomic E-state index is 12.4. The lowest BCUT2D eigenvalue weighted by molar-refractivity contribution is 0.234. The molecule has 0 N–H and O–H groups in total. The molecule has 0 spiro atoms. The lowest BCUT2D eigenvalue weighted by Crippen LogP contribution is -2.16. The van der Waals surface area contributed by atoms with Crippen molar-refractivity contribution in [2.24, 2.45) is 7.05 Å². The Morgan fingerprint density at radius 3 is 2.71 bits per heavy atom. The molecule has 0 unspecified atom stereocenters. The van der Waals surface area contributed by atoms with Gasteiger partial charge in [0, 0.05) is 56.4 Å². The van der Waals surface area contributed by atoms with Gasteiger partial charge in [-0.25, -0.2) is 14.6 Å². The molecule has 1 aromatic carbocycles. The first-order valence-electron chi connectivity index (χ1n) is 9.77. The Hall–Kier alpha value is -3.91. The average Bonchev–Trinajstić information content (AvgIpc) is 3.22. The average molecular weight is 414 g/mol. The highest BCUT2D eigenvalue weighted by atomic mass is 16.5. The topological polar surface area (TPSA) is 87.7 Å². The molecule has 4 aromatic rings. The highest BCUT2D eigenvalue weighted by molar-refractivity contribution is 5.57. The van der Waals surface area contributed by atoms with Gasteiger partial charge in [-0.1, -0.05) is 30.4 Å². The molecule has 8 heteroatoms. The predicted octanol–water partition coefficient (Wildman–Crippen LogP) is 2.67. The van der Waals surface area contributed by atoms with Gasteiger partial charge >= 0.3 is 0 Å². The van der Waals surface area contributed by atoms with Crippen LogP contribution in [0.1, 0.15) is 16.8 Å². The first kappa shape index (κ1) is 20.4. The lowest BCUT2D eigenvalue weighted by Gasteiger charge is -2.07. The number of aromatic nitrogens is 6. The van der Waals surface area contributed by atoms with Crippen molar-refractivity contribution in [3.63, 3.8) is 0 Å². The van der Waals surface area contributed by atoms with Crippen molar-refractivity contribution in [3.05, 3.63) is 94.4 Å². The Kier molecular flexibility index (Phi) is 6.09. The zero-order valence-corrected chi connectivity index (χ0v) is 17.3. The van der Waals surface area contributed by atoms with Crippen molar-refractivity contribution >= 4 is 6.08 Å². The lowest BCUT2D eigenvalue weighted by atomic mass is 10.1. The zero-order valence-electron chi connectivity index (χ0n) is 17.3. The van der Waals surface area contributed by atoms with Crippen molar-refractivity contribution in [1.82, 2.24) is 29.5 Å². The molecule has 156 valence electrons. The van der Waals surface area contributed by atoms with Gasteiger partial charge in [-0.2, -0.15) is 10.2 Å². The largest absolute Gasteiger partial charge is 0.381 e. The van der Waals surface area contributed by atoms with Gasteiger partial charge in [0.2, 0.25) is 5.43 Å². The minimum absolute atomic E-state index is 0.103. The number of rotatable bonds is 7. The van der Waals surface area contributed by atoms with Crippen LogP contribution in [0.5, 0.6) is 0 Å². The predicted molar refractivity (Wildman–Crippen MR) is 118 cm³/mol. The van der Waals surface area contributed by atoms with Crippen LogP contribution in [0.15, 0.2) is 72.2 Å². The van der Waals surface area contributed by atoms with E-state index in [1.165, 1.54) is 6.07 Å². The molecule has 0 aliphatic rings. The molecule has 0 radical (unpaired) electrons. The molecule has 3 heterocycles. The molecule has 0 amide bonds. The fourth-order valence-electron chi connectivity index (χ4n) is 3.11. The van der Waals surface area contributed by atoms with E-state index in [1.54, 1.807) is 41.3 Å². The minimum Gasteiger partial charge on any atom is -0.381 e. The molecule has 0 atom stereocenters. The van der Waals surface area contributed by atoms with E-state index in [9.17, 15) is 4.79 Å². The molecule has 4 rings (SSSR count). The van der Waals surface area contributed by atoms with E-state index in [2.05, 4.69) is 20.2 Å². The summed E-state index contributed by atoms with van der Waals surface area (Å²) in [7, 11) is 3.49. The zero-order chi connectivity index (χ0) is 21.6. The van der Waals surface area contributed by atoms with Gasteiger partial charge in [0.05, 0.1) is 19.0 Å². The highest BCUT2D eigenvalue weighted by Crippen LogP contribution is 2.18. The summed E-state index contributed by atoms with van der Waals surface area (Å²) in [6, 6.07) is 9.36. The van der Waals surface area contributed by atoms with Gasteiger partial charge in [0.15, 0.2) is 5.82 Å². The van der Waals surface area contributed by atoms with Crippen LogP contribution < -0.4 is 5.43 Å². The van der Waals surface area contributed by atoms with E-state index in [4.69, 9.17) is 4.74 Å². The number of hydrogen-bond acceptors (Lipinski definition) is 6. The van der Waals surface area contributed by atoms with Crippen LogP contribution >= 0.6 is 0 Å². The number of nitrogens with zero attached hydrogens (tertiary/aromatic N) is 6. The third kappa shape index (κ3) is 4.99. The van der Waals surface area contributed by atoms with Crippen LogP contribution in [0.4, 0.5) is 0 Å². The second-order valence-corrected chi connectivity index (χ2v) is 7.02. The summed E-state index contributed by atoms with van der Waals surface area (Å²) >= 11 is 0. The molecule has 8 nitrogen and oxygen atoms in total. The van der Waals surface area contributed by atoms with Gasteiger partial charge in [0.1, 0.15) is 11.4 Å². The van der Waals surface area contributed by atoms with Crippen LogP contribution in [0, 0.1) is 0 Å². The summed E-state index contributed by atoms with van der Waals surface area (Å²) in [5, 5.41) is 8.66. The molecule has 0 aliphatic heterocycles. The van der Waals surface area contributed by atoms with Gasteiger partial charge in [-0.3, -0.25) is 9.48 Å². The first-order valence-corrected chi connectivity index (χ1v) is 9.77. The molecule has 0 saturated carbocycles. The summed E-state index contributed by atoms with van der Waals surface area (Å²) in [4.78, 5) is 21.3. The fourth-order valence-corrected chi connectivity index (χ4v) is 3.11. The number of hydrogen-bond donors (Lipinski definition) is 0. The molecule has 0 bridgehead atoms. The molecule has 31 heavy (non-hydrogen) atoms. The molecular weight excluding hydrogens is 392 g/mol. The smallest absolute Gasteiger partial charge is 0.203 e. The van der Waals surface area contributed by atoms with Crippen LogP contribution in [0.3, 0.4) is 0 Å². The maximum Gasteiger partial charge on any atom is 0.203 e. The second kappa shape index (κ2) is 9.27. The number of aryl methyl sites for hydroxylation is 1. The first-order chi connectivity index (χ1) is 15.1. The summed E-state index contributed by atoms with van der Waals surface area (Å²) in [6.45, 7) is 0.541. The summed E-state index contributed by atoms with van der Waals surface area (Å²) in [6.07, 6.45) is 13.0. The SMILES string of the molecule is COC/C=C/c1cnc(-c2cccc(Cc3nn(-c4cnn(C)c4)ccc3=O)c2)nc1. The fraction of sp³-hybridized carbons (Fsp3) is 0.174. The van der Waals surface area contributed by atoms with Crippen LogP contribution in [-0.4, -0.2) is 43.2 Å². The van der Waals surface area contributed by atoms with E-state index in [0.717, 1.165) is 22.4 Å². The monoisotopic (exact) mass is 414 g/mol. The Balaban J connectivity index is 1.56. The minimum atomic E-state index is -0.103. The van der Waals surface area contributed by atoms with Gasteiger partial charge < -0.3 is 4.74 Å². The highest BCUT2D eigenvalue weighted by Gasteiger charge is 2.08. The van der Waals surface area contributed by atoms with E-state index < -0.39 is 0 Å². The normalized spacial score (nSPS) is 11.3. The van der Waals surface area contributed by atoms with E-state index in [-0.39, 0.29) is 5.43 Å². The van der Waals surface area contributed by atoms with Gasteiger partial charge in [0.25, 0.3) is 0 Å². The number of ether oxygens (including phenoxy) is 1. The third-order valence-corrected chi connectivity index (χ3v) is 4.64. The molecular formula is C23H22N6O2. The Labute approximate surface area is 179 Å². The van der Waals surface area contributed by atoms with Crippen molar-refractivity contribution in [2.45, 2.75) is 6.42 Å². The molecule has 3 aromatic heterocycles. The van der Waals surface area contributed by atoms with Gasteiger partial charge in [-0.15, -0.1) is 0 Å². The summed E-state index contributed by atoms with van der Waals surface area (Å²) in [5.41, 5.74) is 3.90. The maximum atomic E-state index is 12.4. The van der Waals surface area contributed by atoms with Crippen molar-refractivity contribution < 1.29 is 4.74 Å². The quantitative estimate of drug-likeness (QED) is 0.462. The van der Waals surface area contributed by atoms with E-state index in [0.29, 0.717) is 24.5 Å². The standard InChI is InChI=1S/C23H22N6O2/c1-28-16-20(15-26-28)29-9-8-22(30)21(27-29)12-17-5-3-7-19(11-17)23-24-13-18(14-25-23)6-4-10-31-2/h3-9,11,13-16H,10,12H2,1-2H3/b6-4+. The van der Waals surface area contributed by atoms with Gasteiger partial charge in [-0.05, 0) is 11.6 Å². The number of benzene rings is 1. The third-order valence-electron chi connectivity index (χ3n) is 4.64. The Bertz CT molecular complexity index is 1260. The summed E-state index contributed by atoms with van der Waals surface area (Å²) in [5.74, 6) is 0.625.